The highest BCUT2D eigenvalue weighted by Gasteiger charge is 2.18. The molecule has 0 spiro atoms. The van der Waals surface area contributed by atoms with Crippen LogP contribution >= 0.6 is 11.6 Å². The maximum absolute atomic E-state index is 6.75. The molecule has 1 aromatic carbocycles. The van der Waals surface area contributed by atoms with Crippen LogP contribution in [0.15, 0.2) is 36.8 Å². The van der Waals surface area contributed by atoms with Crippen LogP contribution in [0.4, 0.5) is 5.82 Å². The Morgan fingerprint density at radius 1 is 1.12 bits per heavy atom. The fourth-order valence-corrected chi connectivity index (χ4v) is 4.26. The van der Waals surface area contributed by atoms with Gasteiger partial charge in [0.15, 0.2) is 0 Å². The van der Waals surface area contributed by atoms with Crippen molar-refractivity contribution in [3.8, 4) is 11.1 Å². The summed E-state index contributed by atoms with van der Waals surface area (Å²) in [7, 11) is 0. The van der Waals surface area contributed by atoms with Gasteiger partial charge in [0.2, 0.25) is 0 Å². The molecule has 0 atom stereocenters. The molecule has 0 bridgehead atoms. The predicted octanol–water partition coefficient (Wildman–Crippen LogP) is 4.83. The molecule has 0 unspecified atom stereocenters. The third-order valence-corrected chi connectivity index (χ3v) is 5.66. The molecule has 1 aliphatic heterocycles. The fraction of sp³-hybridized carbons (Fsp3) is 0.300. The van der Waals surface area contributed by atoms with Gasteiger partial charge in [-0.15, -0.1) is 0 Å². The van der Waals surface area contributed by atoms with Gasteiger partial charge >= 0.3 is 0 Å². The number of aromatic nitrogens is 4. The molecule has 132 valence electrons. The normalized spacial score (nSPS) is 15.2. The number of nitrogens with zero attached hydrogens (tertiary/aromatic N) is 4. The van der Waals surface area contributed by atoms with Crippen molar-refractivity contribution in [2.45, 2.75) is 26.2 Å². The first-order chi connectivity index (χ1) is 12.7. The molecular formula is C20H20ClN5. The van der Waals surface area contributed by atoms with Gasteiger partial charge in [-0.05, 0) is 49.4 Å². The fourth-order valence-electron chi connectivity index (χ4n) is 4.02. The minimum Gasteiger partial charge on any atom is -0.356 e. The number of fused-ring (bicyclic) bond motifs is 2. The van der Waals surface area contributed by atoms with Crippen molar-refractivity contribution < 1.29 is 0 Å². The smallest absolute Gasteiger partial charge is 0.139 e. The molecule has 6 heteroatoms. The Hall–Kier alpha value is -2.53. The van der Waals surface area contributed by atoms with Gasteiger partial charge in [0.05, 0.1) is 22.9 Å². The minimum absolute atomic E-state index is 0.727. The number of rotatable bonds is 2. The van der Waals surface area contributed by atoms with Crippen LogP contribution in [0.25, 0.3) is 27.7 Å². The number of aryl methyl sites for hydroxylation is 1. The number of H-pyrrole nitrogens is 1. The van der Waals surface area contributed by atoms with Gasteiger partial charge in [0.1, 0.15) is 11.5 Å². The van der Waals surface area contributed by atoms with E-state index < -0.39 is 0 Å². The standard InChI is InChI=1S/C20H20ClN5/c1-13-5-6-17-15(10-23-24-17)20(13)14-9-18-22-11-19(26(18)12-16(14)21)25-7-3-2-4-8-25/h5-6,9-12H,2-4,7-8H2,1H3,(H,23,24). The first-order valence-corrected chi connectivity index (χ1v) is 9.45. The van der Waals surface area contributed by atoms with Crippen LogP contribution in [-0.4, -0.2) is 32.7 Å². The highest BCUT2D eigenvalue weighted by molar-refractivity contribution is 6.33. The Bertz CT molecular complexity index is 1100. The largest absolute Gasteiger partial charge is 0.356 e. The summed E-state index contributed by atoms with van der Waals surface area (Å²) in [4.78, 5) is 7.06. The molecule has 4 heterocycles. The number of pyridine rings is 1. The third kappa shape index (κ3) is 2.38. The average Bonchev–Trinajstić information content (AvgIpc) is 3.28. The van der Waals surface area contributed by atoms with Crippen LogP contribution in [0, 0.1) is 6.92 Å². The topological polar surface area (TPSA) is 49.2 Å². The van der Waals surface area contributed by atoms with E-state index in [1.54, 1.807) is 0 Å². The van der Waals surface area contributed by atoms with Gasteiger partial charge in [0, 0.05) is 30.2 Å². The maximum atomic E-state index is 6.75. The van der Waals surface area contributed by atoms with Crippen LogP contribution in [-0.2, 0) is 0 Å². The Kier molecular flexibility index (Phi) is 3.64. The molecule has 1 N–H and O–H groups in total. The maximum Gasteiger partial charge on any atom is 0.139 e. The number of nitrogens with one attached hydrogen (secondary N) is 1. The molecule has 1 aliphatic rings. The molecule has 3 aromatic heterocycles. The van der Waals surface area contributed by atoms with E-state index in [1.165, 1.54) is 24.8 Å². The van der Waals surface area contributed by atoms with Crippen LogP contribution in [0.2, 0.25) is 5.02 Å². The molecule has 0 radical (unpaired) electrons. The quantitative estimate of drug-likeness (QED) is 0.553. The second kappa shape index (κ2) is 6.02. The van der Waals surface area contributed by atoms with E-state index in [-0.39, 0.29) is 0 Å². The second-order valence-electron chi connectivity index (χ2n) is 7.02. The molecular weight excluding hydrogens is 346 g/mol. The first-order valence-electron chi connectivity index (χ1n) is 9.07. The highest BCUT2D eigenvalue weighted by atomic mass is 35.5. The van der Waals surface area contributed by atoms with Gasteiger partial charge < -0.3 is 4.90 Å². The summed E-state index contributed by atoms with van der Waals surface area (Å²) in [6, 6.07) is 6.24. The van der Waals surface area contributed by atoms with E-state index in [4.69, 9.17) is 11.6 Å². The molecule has 5 nitrogen and oxygen atoms in total. The van der Waals surface area contributed by atoms with Crippen LogP contribution in [0.5, 0.6) is 0 Å². The number of piperidine rings is 1. The Balaban J connectivity index is 1.69. The van der Waals surface area contributed by atoms with Crippen LogP contribution in [0.3, 0.4) is 0 Å². The molecule has 0 saturated carbocycles. The van der Waals surface area contributed by atoms with E-state index in [0.29, 0.717) is 0 Å². The number of hydrogen-bond acceptors (Lipinski definition) is 3. The summed E-state index contributed by atoms with van der Waals surface area (Å²) in [5, 5.41) is 9.04. The zero-order chi connectivity index (χ0) is 17.7. The lowest BCUT2D eigenvalue weighted by molar-refractivity contribution is 0.572. The van der Waals surface area contributed by atoms with Crippen molar-refractivity contribution in [2.24, 2.45) is 0 Å². The SMILES string of the molecule is Cc1ccc2[nH]ncc2c1-c1cc2ncc(N3CCCCC3)n2cc1Cl. The minimum atomic E-state index is 0.727. The van der Waals surface area contributed by atoms with Crippen molar-refractivity contribution in [3.05, 3.63) is 47.4 Å². The van der Waals surface area contributed by atoms with Crippen LogP contribution in [0.1, 0.15) is 24.8 Å². The van der Waals surface area contributed by atoms with Gasteiger partial charge in [-0.2, -0.15) is 5.10 Å². The number of aromatic amines is 1. The number of halogens is 1. The van der Waals surface area contributed by atoms with Crippen molar-refractivity contribution in [3.63, 3.8) is 0 Å². The number of anilines is 1. The van der Waals surface area contributed by atoms with E-state index in [2.05, 4.69) is 49.6 Å². The van der Waals surface area contributed by atoms with Gasteiger partial charge in [0.25, 0.3) is 0 Å². The van der Waals surface area contributed by atoms with Gasteiger partial charge in [-0.3, -0.25) is 9.50 Å². The summed E-state index contributed by atoms with van der Waals surface area (Å²) in [5.74, 6) is 1.13. The van der Waals surface area contributed by atoms with Gasteiger partial charge in [-0.25, -0.2) is 4.98 Å². The summed E-state index contributed by atoms with van der Waals surface area (Å²) in [6.45, 7) is 4.27. The van der Waals surface area contributed by atoms with Crippen molar-refractivity contribution in [1.82, 2.24) is 19.6 Å². The Labute approximate surface area is 156 Å². The predicted molar refractivity (Wildman–Crippen MR) is 106 cm³/mol. The molecule has 0 amide bonds. The van der Waals surface area contributed by atoms with E-state index in [1.807, 2.05) is 18.6 Å². The highest BCUT2D eigenvalue weighted by Crippen LogP contribution is 2.37. The van der Waals surface area contributed by atoms with Gasteiger partial charge in [-0.1, -0.05) is 17.7 Å². The van der Waals surface area contributed by atoms with E-state index >= 15 is 0 Å². The zero-order valence-corrected chi connectivity index (χ0v) is 15.4. The van der Waals surface area contributed by atoms with Crippen molar-refractivity contribution in [1.29, 1.82) is 0 Å². The molecule has 4 aromatic rings. The lowest BCUT2D eigenvalue weighted by atomic mass is 9.97. The molecule has 5 rings (SSSR count). The average molecular weight is 366 g/mol. The summed E-state index contributed by atoms with van der Waals surface area (Å²) >= 11 is 6.75. The Morgan fingerprint density at radius 3 is 2.81 bits per heavy atom. The summed E-state index contributed by atoms with van der Waals surface area (Å²) in [5.41, 5.74) is 5.22. The van der Waals surface area contributed by atoms with Crippen molar-refractivity contribution in [2.75, 3.05) is 18.0 Å². The number of benzene rings is 1. The van der Waals surface area contributed by atoms with Crippen LogP contribution < -0.4 is 4.90 Å². The number of hydrogen-bond donors (Lipinski definition) is 1. The lowest BCUT2D eigenvalue weighted by Crippen LogP contribution is -2.30. The monoisotopic (exact) mass is 365 g/mol. The lowest BCUT2D eigenvalue weighted by Gasteiger charge is -2.27. The number of imidazole rings is 1. The molecule has 0 aliphatic carbocycles. The molecule has 1 fully saturated rings. The first kappa shape index (κ1) is 15.7. The van der Waals surface area contributed by atoms with Crippen molar-refractivity contribution >= 4 is 34.0 Å². The second-order valence-corrected chi connectivity index (χ2v) is 7.42. The summed E-state index contributed by atoms with van der Waals surface area (Å²) in [6.07, 6.45) is 9.62. The van der Waals surface area contributed by atoms with E-state index in [9.17, 15) is 0 Å². The van der Waals surface area contributed by atoms with E-state index in [0.717, 1.165) is 51.6 Å². The molecule has 1 saturated heterocycles. The zero-order valence-electron chi connectivity index (χ0n) is 14.7. The third-order valence-electron chi connectivity index (χ3n) is 5.36. The summed E-state index contributed by atoms with van der Waals surface area (Å²) < 4.78 is 2.11. The Morgan fingerprint density at radius 2 is 1.96 bits per heavy atom. The molecule has 26 heavy (non-hydrogen) atoms.